The van der Waals surface area contributed by atoms with Crippen LogP contribution in [0, 0.1) is 11.6 Å². The van der Waals surface area contributed by atoms with Crippen LogP contribution in [0.4, 0.5) is 19.3 Å². The lowest BCUT2D eigenvalue weighted by atomic mass is 10.1. The minimum atomic E-state index is -0.878. The summed E-state index contributed by atoms with van der Waals surface area (Å²) in [7, 11) is 1.55. The number of hydrogen-bond donors (Lipinski definition) is 2. The van der Waals surface area contributed by atoms with Gasteiger partial charge in [0.25, 0.3) is 5.91 Å². The van der Waals surface area contributed by atoms with Gasteiger partial charge in [-0.3, -0.25) is 14.3 Å². The second-order valence-electron chi connectivity index (χ2n) is 7.64. The summed E-state index contributed by atoms with van der Waals surface area (Å²) >= 11 is 2.99. The number of benzene rings is 1. The Balaban J connectivity index is 1.55. The van der Waals surface area contributed by atoms with E-state index in [1.54, 1.807) is 11.7 Å². The Morgan fingerprint density at radius 1 is 1.34 bits per heavy atom. The summed E-state index contributed by atoms with van der Waals surface area (Å²) < 4.78 is 29.2. The predicted octanol–water partition coefficient (Wildman–Crippen LogP) is 2.51. The van der Waals surface area contributed by atoms with Crippen molar-refractivity contribution in [2.45, 2.75) is 32.5 Å². The highest BCUT2D eigenvalue weighted by Gasteiger charge is 2.35. The Hall–Kier alpha value is -2.57. The molecule has 1 unspecified atom stereocenters. The van der Waals surface area contributed by atoms with Crippen LogP contribution in [-0.2, 0) is 24.3 Å². The molecule has 0 radical (unpaired) electrons. The first-order valence-corrected chi connectivity index (χ1v) is 11.0. The average molecular weight is 513 g/mol. The van der Waals surface area contributed by atoms with Crippen molar-refractivity contribution in [3.05, 3.63) is 45.2 Å². The molecule has 0 saturated carbocycles. The summed E-state index contributed by atoms with van der Waals surface area (Å²) in [5.74, 6) is -1.98. The minimum absolute atomic E-state index is 0.0397. The van der Waals surface area contributed by atoms with Crippen LogP contribution in [0.2, 0.25) is 0 Å². The zero-order valence-corrected chi connectivity index (χ0v) is 19.2. The smallest absolute Gasteiger partial charge is 0.320 e. The van der Waals surface area contributed by atoms with Gasteiger partial charge in [0.2, 0.25) is 0 Å². The van der Waals surface area contributed by atoms with E-state index in [0.717, 1.165) is 12.2 Å². The van der Waals surface area contributed by atoms with Gasteiger partial charge in [-0.15, -0.1) is 0 Å². The number of halogens is 3. The van der Waals surface area contributed by atoms with Gasteiger partial charge in [-0.2, -0.15) is 5.10 Å². The molecule has 0 saturated heterocycles. The van der Waals surface area contributed by atoms with E-state index in [1.165, 1.54) is 16.0 Å². The third kappa shape index (κ3) is 4.34. The van der Waals surface area contributed by atoms with E-state index in [4.69, 9.17) is 4.84 Å². The van der Waals surface area contributed by atoms with Crippen molar-refractivity contribution in [3.63, 3.8) is 0 Å². The number of carbonyl (C=O) groups is 2. The van der Waals surface area contributed by atoms with E-state index < -0.39 is 17.7 Å². The summed E-state index contributed by atoms with van der Waals surface area (Å²) in [5, 5.41) is 11.5. The molecule has 0 spiro atoms. The van der Waals surface area contributed by atoms with Gasteiger partial charge in [-0.05, 0) is 28.5 Å². The van der Waals surface area contributed by atoms with Gasteiger partial charge in [0.05, 0.1) is 28.9 Å². The number of carbonyl (C=O) groups excluding carboxylic acids is 2. The number of nitrogens with one attached hydrogen (secondary N) is 2. The van der Waals surface area contributed by atoms with Gasteiger partial charge in [0, 0.05) is 38.2 Å². The molecular weight excluding hydrogens is 490 g/mol. The largest absolute Gasteiger partial charge is 0.322 e. The molecule has 12 heteroatoms. The number of rotatable bonds is 4. The summed E-state index contributed by atoms with van der Waals surface area (Å²) in [6.07, 6.45) is 0.180. The number of amides is 3. The molecule has 0 aliphatic carbocycles. The lowest BCUT2D eigenvalue weighted by molar-refractivity contribution is -0.146. The highest BCUT2D eigenvalue weighted by atomic mass is 79.9. The molecule has 2 aliphatic heterocycles. The Labute approximate surface area is 191 Å². The lowest BCUT2D eigenvalue weighted by Gasteiger charge is -2.27. The number of hydroxylamine groups is 2. The van der Waals surface area contributed by atoms with Crippen LogP contribution >= 0.6 is 15.9 Å². The molecule has 1 aromatic heterocycles. The van der Waals surface area contributed by atoms with Crippen molar-refractivity contribution in [1.29, 1.82) is 0 Å². The molecule has 3 heterocycles. The second-order valence-corrected chi connectivity index (χ2v) is 8.50. The minimum Gasteiger partial charge on any atom is -0.320 e. The number of aromatic nitrogens is 2. The molecule has 2 N–H and O–H groups in total. The SMILES string of the molecule is CCNCC1Cn2nc3c(c2C(=O)N(C)O1)CN(C(=O)Nc1cc(Br)c(F)cc1F)CC3. The van der Waals surface area contributed by atoms with E-state index in [9.17, 15) is 18.4 Å². The number of urea groups is 1. The maximum Gasteiger partial charge on any atom is 0.322 e. The fourth-order valence-electron chi connectivity index (χ4n) is 3.84. The van der Waals surface area contributed by atoms with Crippen LogP contribution < -0.4 is 10.6 Å². The monoisotopic (exact) mass is 512 g/mol. The lowest BCUT2D eigenvalue weighted by Crippen LogP contribution is -2.40. The normalized spacial score (nSPS) is 18.3. The highest BCUT2D eigenvalue weighted by molar-refractivity contribution is 9.10. The van der Waals surface area contributed by atoms with E-state index in [0.29, 0.717) is 43.4 Å². The number of nitrogens with zero attached hydrogens (tertiary/aromatic N) is 4. The van der Waals surface area contributed by atoms with Gasteiger partial charge in [0.1, 0.15) is 23.4 Å². The molecule has 172 valence electrons. The van der Waals surface area contributed by atoms with Gasteiger partial charge in [0.15, 0.2) is 0 Å². The molecular formula is C20H23BrF2N6O3. The Bertz CT molecular complexity index is 1060. The molecule has 2 aliphatic rings. The van der Waals surface area contributed by atoms with Crippen LogP contribution in [0.1, 0.15) is 28.7 Å². The molecule has 2 aromatic rings. The molecule has 0 bridgehead atoms. The van der Waals surface area contributed by atoms with E-state index in [2.05, 4.69) is 31.7 Å². The first-order valence-electron chi connectivity index (χ1n) is 10.2. The van der Waals surface area contributed by atoms with Crippen molar-refractivity contribution in [2.24, 2.45) is 0 Å². The highest BCUT2D eigenvalue weighted by Crippen LogP contribution is 2.28. The molecule has 1 atom stereocenters. The third-order valence-corrected chi connectivity index (χ3v) is 6.04. The van der Waals surface area contributed by atoms with E-state index >= 15 is 0 Å². The van der Waals surface area contributed by atoms with Gasteiger partial charge in [-0.25, -0.2) is 18.6 Å². The van der Waals surface area contributed by atoms with Crippen LogP contribution in [-0.4, -0.2) is 64.5 Å². The first kappa shape index (κ1) is 22.6. The number of hydrogen-bond acceptors (Lipinski definition) is 5. The first-order chi connectivity index (χ1) is 15.3. The van der Waals surface area contributed by atoms with E-state index in [1.807, 2.05) is 6.92 Å². The molecule has 0 fully saturated rings. The molecule has 9 nitrogen and oxygen atoms in total. The van der Waals surface area contributed by atoms with Gasteiger partial charge in [-0.1, -0.05) is 6.92 Å². The maximum absolute atomic E-state index is 14.1. The molecule has 4 rings (SSSR count). The van der Waals surface area contributed by atoms with Gasteiger partial charge >= 0.3 is 6.03 Å². The Kier molecular flexibility index (Phi) is 6.45. The van der Waals surface area contributed by atoms with Gasteiger partial charge < -0.3 is 15.5 Å². The van der Waals surface area contributed by atoms with E-state index in [-0.39, 0.29) is 28.7 Å². The number of anilines is 1. The third-order valence-electron chi connectivity index (χ3n) is 5.43. The van der Waals surface area contributed by atoms with Crippen LogP contribution in [0.15, 0.2) is 16.6 Å². The van der Waals surface area contributed by atoms with Crippen molar-refractivity contribution in [2.75, 3.05) is 32.0 Å². The fourth-order valence-corrected chi connectivity index (χ4v) is 4.18. The number of fused-ring (bicyclic) bond motifs is 3. The molecule has 32 heavy (non-hydrogen) atoms. The molecule has 1 aromatic carbocycles. The van der Waals surface area contributed by atoms with Crippen LogP contribution in [0.5, 0.6) is 0 Å². The standard InChI is InChI=1S/C20H23BrF2N6O3/c1-3-24-8-11-9-29-18(19(30)27(2)32-11)12-10-28(5-4-16(12)26-29)20(31)25-17-6-13(21)14(22)7-15(17)23/h6-7,11,24H,3-5,8-10H2,1-2H3,(H,25,31). The summed E-state index contributed by atoms with van der Waals surface area (Å²) in [6, 6.07) is 1.32. The number of likely N-dealkylation sites (N-methyl/N-ethyl adjacent to an activating group) is 1. The fraction of sp³-hybridized carbons (Fsp3) is 0.450. The van der Waals surface area contributed by atoms with Crippen LogP contribution in [0.3, 0.4) is 0 Å². The quantitative estimate of drug-likeness (QED) is 0.614. The van der Waals surface area contributed by atoms with Crippen molar-refractivity contribution < 1.29 is 23.2 Å². The topological polar surface area (TPSA) is 91.7 Å². The predicted molar refractivity (Wildman–Crippen MR) is 115 cm³/mol. The van der Waals surface area contributed by atoms with Crippen LogP contribution in [0.25, 0.3) is 0 Å². The Morgan fingerprint density at radius 3 is 2.88 bits per heavy atom. The van der Waals surface area contributed by atoms with Crippen molar-refractivity contribution >= 4 is 33.6 Å². The van der Waals surface area contributed by atoms with Crippen molar-refractivity contribution in [1.82, 2.24) is 25.1 Å². The maximum atomic E-state index is 14.1. The zero-order valence-electron chi connectivity index (χ0n) is 17.6. The molecule has 3 amide bonds. The average Bonchev–Trinajstić information content (AvgIpc) is 3.06. The summed E-state index contributed by atoms with van der Waals surface area (Å²) in [4.78, 5) is 33.0. The summed E-state index contributed by atoms with van der Waals surface area (Å²) in [6.45, 7) is 4.20. The second kappa shape index (κ2) is 9.12. The zero-order chi connectivity index (χ0) is 23.0. The van der Waals surface area contributed by atoms with Crippen molar-refractivity contribution in [3.8, 4) is 0 Å². The Morgan fingerprint density at radius 2 is 2.12 bits per heavy atom. The summed E-state index contributed by atoms with van der Waals surface area (Å²) in [5.41, 5.74) is 1.65.